The van der Waals surface area contributed by atoms with Crippen LogP contribution in [0.15, 0.2) is 34.9 Å². The molecule has 4 N–H and O–H groups in total. The molecule has 8 nitrogen and oxygen atoms in total. The molecule has 0 spiro atoms. The summed E-state index contributed by atoms with van der Waals surface area (Å²) in [4.78, 5) is 23.8. The van der Waals surface area contributed by atoms with Crippen molar-refractivity contribution in [3.63, 3.8) is 0 Å². The van der Waals surface area contributed by atoms with Gasteiger partial charge >= 0.3 is 6.03 Å². The van der Waals surface area contributed by atoms with Crippen LogP contribution >= 0.6 is 11.5 Å². The number of carbonyl (C=O) groups excluding carboxylic acids is 2. The number of rotatable bonds is 7. The number of furan rings is 1. The SMILES string of the molecule is Cc1ccc(COc2nsc(NC(=O)NCc3ccco3)c2C(N)=O)c(F)c1F. The van der Waals surface area contributed by atoms with E-state index in [4.69, 9.17) is 14.9 Å². The number of amides is 3. The minimum atomic E-state index is -1.04. The average Bonchev–Trinajstić information content (AvgIpc) is 3.34. The maximum Gasteiger partial charge on any atom is 0.320 e. The number of carbonyl (C=O) groups is 2. The van der Waals surface area contributed by atoms with Crippen molar-refractivity contribution < 1.29 is 27.5 Å². The Morgan fingerprint density at radius 1 is 1.28 bits per heavy atom. The fraction of sp³-hybridized carbons (Fsp3) is 0.167. The van der Waals surface area contributed by atoms with Crippen LogP contribution < -0.4 is 21.1 Å². The van der Waals surface area contributed by atoms with Gasteiger partial charge < -0.3 is 20.2 Å². The monoisotopic (exact) mass is 422 g/mol. The molecule has 1 aromatic carbocycles. The molecule has 0 fully saturated rings. The molecule has 3 aromatic rings. The molecule has 11 heteroatoms. The first-order chi connectivity index (χ1) is 13.9. The number of hydrogen-bond acceptors (Lipinski definition) is 6. The first-order valence-electron chi connectivity index (χ1n) is 8.29. The highest BCUT2D eigenvalue weighted by atomic mass is 32.1. The molecule has 0 unspecified atom stereocenters. The Bertz CT molecular complexity index is 1040. The van der Waals surface area contributed by atoms with Crippen molar-refractivity contribution in [3.8, 4) is 5.88 Å². The summed E-state index contributed by atoms with van der Waals surface area (Å²) in [6.45, 7) is 1.19. The number of aryl methyl sites for hydroxylation is 1. The lowest BCUT2D eigenvalue weighted by Gasteiger charge is -2.08. The molecule has 0 aliphatic carbocycles. The Labute approximate surface area is 167 Å². The van der Waals surface area contributed by atoms with Crippen molar-refractivity contribution >= 4 is 28.5 Å². The lowest BCUT2D eigenvalue weighted by Crippen LogP contribution is -2.28. The zero-order chi connectivity index (χ0) is 21.0. The van der Waals surface area contributed by atoms with Crippen LogP contribution in [0.1, 0.15) is 27.2 Å². The summed E-state index contributed by atoms with van der Waals surface area (Å²) in [7, 11) is 0. The van der Waals surface area contributed by atoms with Crippen molar-refractivity contribution in [2.45, 2.75) is 20.1 Å². The average molecular weight is 422 g/mol. The summed E-state index contributed by atoms with van der Waals surface area (Å²) in [5.41, 5.74) is 5.29. The Hall–Kier alpha value is -3.47. The predicted molar refractivity (Wildman–Crippen MR) is 101 cm³/mol. The van der Waals surface area contributed by atoms with Crippen LogP contribution in [0.25, 0.3) is 0 Å². The molecular formula is C18H16F2N4O4S. The topological polar surface area (TPSA) is 119 Å². The van der Waals surface area contributed by atoms with Gasteiger partial charge in [0, 0.05) is 5.56 Å². The van der Waals surface area contributed by atoms with Crippen molar-refractivity contribution in [2.75, 3.05) is 5.32 Å². The van der Waals surface area contributed by atoms with Crippen LogP contribution in [0.5, 0.6) is 5.88 Å². The number of primary amides is 1. The standard InChI is InChI=1S/C18H16F2N4O4S/c1-9-4-5-10(14(20)13(9)19)8-28-16-12(15(21)25)17(29-24-16)23-18(26)22-7-11-3-2-6-27-11/h2-6H,7-8H2,1H3,(H2,21,25)(H2,22,23,26). The number of nitrogens with two attached hydrogens (primary N) is 1. The van der Waals surface area contributed by atoms with Crippen molar-refractivity contribution in [3.05, 3.63) is 64.6 Å². The van der Waals surface area contributed by atoms with E-state index < -0.39 is 23.6 Å². The molecule has 0 aliphatic heterocycles. The number of benzene rings is 1. The molecule has 152 valence electrons. The second-order valence-electron chi connectivity index (χ2n) is 5.90. The predicted octanol–water partition coefficient (Wildman–Crippen LogP) is 3.32. The number of nitrogens with one attached hydrogen (secondary N) is 2. The summed E-state index contributed by atoms with van der Waals surface area (Å²) >= 11 is 0.762. The molecule has 2 aromatic heterocycles. The second-order valence-corrected chi connectivity index (χ2v) is 6.67. The van der Waals surface area contributed by atoms with Crippen LogP contribution in [0.4, 0.5) is 18.6 Å². The molecule has 3 amide bonds. The highest BCUT2D eigenvalue weighted by Gasteiger charge is 2.22. The maximum absolute atomic E-state index is 14.0. The van der Waals surface area contributed by atoms with E-state index in [1.807, 2.05) is 0 Å². The third-order valence-electron chi connectivity index (χ3n) is 3.86. The van der Waals surface area contributed by atoms with Gasteiger partial charge in [-0.1, -0.05) is 12.1 Å². The summed E-state index contributed by atoms with van der Waals surface area (Å²) in [6.07, 6.45) is 1.47. The zero-order valence-electron chi connectivity index (χ0n) is 15.1. The summed E-state index contributed by atoms with van der Waals surface area (Å²) < 4.78 is 42.0. The van der Waals surface area contributed by atoms with E-state index in [1.54, 1.807) is 12.1 Å². The molecule has 29 heavy (non-hydrogen) atoms. The van der Waals surface area contributed by atoms with E-state index in [0.717, 1.165) is 11.5 Å². The molecule has 0 saturated heterocycles. The fourth-order valence-corrected chi connectivity index (χ4v) is 3.08. The van der Waals surface area contributed by atoms with Crippen molar-refractivity contribution in [1.82, 2.24) is 9.69 Å². The number of halogens is 2. The van der Waals surface area contributed by atoms with Crippen LogP contribution in [0.2, 0.25) is 0 Å². The Balaban J connectivity index is 1.69. The van der Waals surface area contributed by atoms with Gasteiger partial charge in [0.2, 0.25) is 5.88 Å². The molecule has 0 saturated carbocycles. The Morgan fingerprint density at radius 2 is 2.07 bits per heavy atom. The number of aromatic nitrogens is 1. The lowest BCUT2D eigenvalue weighted by atomic mass is 10.1. The Kier molecular flexibility index (Phi) is 6.07. The second kappa shape index (κ2) is 8.69. The van der Waals surface area contributed by atoms with E-state index in [2.05, 4.69) is 15.0 Å². The van der Waals surface area contributed by atoms with Gasteiger partial charge in [0.25, 0.3) is 5.91 Å². The van der Waals surface area contributed by atoms with Gasteiger partial charge in [0.1, 0.15) is 22.9 Å². The molecule has 0 aliphatic rings. The molecule has 0 radical (unpaired) electrons. The smallest absolute Gasteiger partial charge is 0.320 e. The van der Waals surface area contributed by atoms with Crippen LogP contribution in [0.3, 0.4) is 0 Å². The highest BCUT2D eigenvalue weighted by Crippen LogP contribution is 2.31. The van der Waals surface area contributed by atoms with E-state index in [-0.39, 0.29) is 40.7 Å². The highest BCUT2D eigenvalue weighted by molar-refractivity contribution is 7.11. The summed E-state index contributed by atoms with van der Waals surface area (Å²) in [5, 5.41) is 5.04. The van der Waals surface area contributed by atoms with Gasteiger partial charge in [-0.05, 0) is 36.2 Å². The minimum absolute atomic E-state index is 0.0535. The third-order valence-corrected chi connectivity index (χ3v) is 4.60. The first kappa shape index (κ1) is 20.3. The normalized spacial score (nSPS) is 10.6. The van der Waals surface area contributed by atoms with Crippen LogP contribution in [-0.4, -0.2) is 16.3 Å². The van der Waals surface area contributed by atoms with Gasteiger partial charge in [-0.3, -0.25) is 10.1 Å². The number of nitrogens with zero attached hydrogens (tertiary/aromatic N) is 1. The van der Waals surface area contributed by atoms with E-state index in [0.29, 0.717) is 5.76 Å². The van der Waals surface area contributed by atoms with Gasteiger partial charge in [0.15, 0.2) is 11.6 Å². The summed E-state index contributed by atoms with van der Waals surface area (Å²) in [6, 6.07) is 5.51. The van der Waals surface area contributed by atoms with Crippen molar-refractivity contribution in [1.29, 1.82) is 0 Å². The number of hydrogen-bond donors (Lipinski definition) is 3. The fourth-order valence-electron chi connectivity index (χ4n) is 2.35. The Morgan fingerprint density at radius 3 is 2.76 bits per heavy atom. The van der Waals surface area contributed by atoms with Crippen molar-refractivity contribution in [2.24, 2.45) is 5.73 Å². The number of ether oxygens (including phenoxy) is 1. The maximum atomic E-state index is 14.0. The third kappa shape index (κ3) is 4.69. The van der Waals surface area contributed by atoms with Gasteiger partial charge in [-0.2, -0.15) is 4.37 Å². The molecule has 0 bridgehead atoms. The number of anilines is 1. The van der Waals surface area contributed by atoms with Gasteiger partial charge in [-0.15, -0.1) is 0 Å². The quantitative estimate of drug-likeness (QED) is 0.540. The van der Waals surface area contributed by atoms with Crippen LogP contribution in [-0.2, 0) is 13.2 Å². The zero-order valence-corrected chi connectivity index (χ0v) is 15.9. The van der Waals surface area contributed by atoms with Gasteiger partial charge in [-0.25, -0.2) is 13.6 Å². The molecule has 3 rings (SSSR count). The number of urea groups is 1. The van der Waals surface area contributed by atoms with Gasteiger partial charge in [0.05, 0.1) is 12.8 Å². The molecular weight excluding hydrogens is 406 g/mol. The van der Waals surface area contributed by atoms with E-state index in [1.165, 1.54) is 25.3 Å². The first-order valence-corrected chi connectivity index (χ1v) is 9.07. The van der Waals surface area contributed by atoms with E-state index in [9.17, 15) is 18.4 Å². The van der Waals surface area contributed by atoms with E-state index >= 15 is 0 Å². The summed E-state index contributed by atoms with van der Waals surface area (Å²) in [5.74, 6) is -2.57. The largest absolute Gasteiger partial charge is 0.471 e. The lowest BCUT2D eigenvalue weighted by molar-refractivity contribution is 0.0996. The molecule has 0 atom stereocenters. The molecule has 2 heterocycles. The minimum Gasteiger partial charge on any atom is -0.471 e. The van der Waals surface area contributed by atoms with Crippen LogP contribution in [0, 0.1) is 18.6 Å².